The van der Waals surface area contributed by atoms with Gasteiger partial charge in [-0.3, -0.25) is 5.32 Å². The molecule has 1 N–H and O–H groups in total. The van der Waals surface area contributed by atoms with Crippen molar-refractivity contribution in [2.75, 3.05) is 31.5 Å². The molecule has 0 bridgehead atoms. The predicted octanol–water partition coefficient (Wildman–Crippen LogP) is 2.84. The van der Waals surface area contributed by atoms with E-state index in [1.54, 1.807) is 30.3 Å². The second kappa shape index (κ2) is 8.05. The van der Waals surface area contributed by atoms with Gasteiger partial charge in [0.25, 0.3) is 0 Å². The molecule has 1 fully saturated rings. The van der Waals surface area contributed by atoms with Crippen molar-refractivity contribution < 1.29 is 26.4 Å². The molecule has 0 atom stereocenters. The van der Waals surface area contributed by atoms with Crippen LogP contribution in [0.15, 0.2) is 35.7 Å². The number of benzene rings is 1. The highest BCUT2D eigenvalue weighted by molar-refractivity contribution is 7.88. The number of hydrogen-bond acceptors (Lipinski definition) is 5. The Kier molecular flexibility index (Phi) is 5.91. The molecule has 12 heteroatoms. The maximum absolute atomic E-state index is 12.6. The van der Waals surface area contributed by atoms with Gasteiger partial charge in [-0.15, -0.1) is 11.3 Å². The summed E-state index contributed by atoms with van der Waals surface area (Å²) < 4.78 is 64.0. The number of nitrogens with zero attached hydrogens (tertiary/aromatic N) is 3. The molecule has 0 radical (unpaired) electrons. The van der Waals surface area contributed by atoms with Gasteiger partial charge in [0.05, 0.1) is 5.75 Å². The van der Waals surface area contributed by atoms with Crippen molar-refractivity contribution in [2.24, 2.45) is 0 Å². The number of hydrogen-bond donors (Lipinski definition) is 1. The third-order valence-corrected chi connectivity index (χ3v) is 6.73. The van der Waals surface area contributed by atoms with Gasteiger partial charge in [-0.1, -0.05) is 30.3 Å². The number of piperazine rings is 1. The van der Waals surface area contributed by atoms with E-state index < -0.39 is 27.9 Å². The van der Waals surface area contributed by atoms with Crippen molar-refractivity contribution in [1.82, 2.24) is 14.2 Å². The number of amides is 2. The van der Waals surface area contributed by atoms with Gasteiger partial charge in [-0.05, 0) is 5.56 Å². The highest BCUT2D eigenvalue weighted by Crippen LogP contribution is 2.31. The number of anilines is 1. The summed E-state index contributed by atoms with van der Waals surface area (Å²) in [7, 11) is -3.52. The Balaban J connectivity index is 1.54. The highest BCUT2D eigenvalue weighted by atomic mass is 32.2. The molecule has 3 rings (SSSR count). The van der Waals surface area contributed by atoms with E-state index in [9.17, 15) is 26.4 Å². The number of carbonyl (C=O) groups excluding carboxylic acids is 1. The fourth-order valence-corrected chi connectivity index (χ4v) is 4.90. The Morgan fingerprint density at radius 1 is 1.14 bits per heavy atom. The van der Waals surface area contributed by atoms with Crippen LogP contribution in [0.2, 0.25) is 0 Å². The molecular weight excluding hydrogens is 417 g/mol. The van der Waals surface area contributed by atoms with E-state index in [4.69, 9.17) is 0 Å². The third-order valence-electron chi connectivity index (χ3n) is 4.12. The number of thiazole rings is 1. The van der Waals surface area contributed by atoms with Gasteiger partial charge in [0.2, 0.25) is 10.0 Å². The van der Waals surface area contributed by atoms with E-state index in [-0.39, 0.29) is 37.1 Å². The molecule has 0 unspecified atom stereocenters. The van der Waals surface area contributed by atoms with Crippen LogP contribution in [-0.4, -0.2) is 54.8 Å². The number of nitrogens with one attached hydrogen (secondary N) is 1. The minimum atomic E-state index is -4.57. The van der Waals surface area contributed by atoms with Crippen LogP contribution in [-0.2, 0) is 22.0 Å². The maximum Gasteiger partial charge on any atom is 0.434 e. The molecule has 1 aliphatic heterocycles. The molecule has 2 heterocycles. The lowest BCUT2D eigenvalue weighted by Gasteiger charge is -2.33. The zero-order valence-corrected chi connectivity index (χ0v) is 16.1. The first kappa shape index (κ1) is 20.6. The van der Waals surface area contributed by atoms with Gasteiger partial charge in [-0.25, -0.2) is 18.2 Å². The average Bonchev–Trinajstić information content (AvgIpc) is 3.11. The molecule has 7 nitrogen and oxygen atoms in total. The summed E-state index contributed by atoms with van der Waals surface area (Å²) in [5, 5.41) is 2.99. The SMILES string of the molecule is O=C(Nc1nc(C(F)(F)F)cs1)N1CCN(S(=O)(=O)Cc2ccccc2)CC1. The number of carbonyl (C=O) groups is 1. The molecule has 0 saturated carbocycles. The molecule has 2 aromatic rings. The van der Waals surface area contributed by atoms with Crippen LogP contribution in [0.3, 0.4) is 0 Å². The Morgan fingerprint density at radius 3 is 2.36 bits per heavy atom. The summed E-state index contributed by atoms with van der Waals surface area (Å²) in [6.45, 7) is 0.511. The largest absolute Gasteiger partial charge is 0.434 e. The van der Waals surface area contributed by atoms with Gasteiger partial charge in [0, 0.05) is 31.6 Å². The van der Waals surface area contributed by atoms with Gasteiger partial charge in [0.15, 0.2) is 10.8 Å². The molecular formula is C16H17F3N4O3S2. The fourth-order valence-electron chi connectivity index (χ4n) is 2.68. The summed E-state index contributed by atoms with van der Waals surface area (Å²) in [5.74, 6) is -0.126. The quantitative estimate of drug-likeness (QED) is 0.802. The van der Waals surface area contributed by atoms with Crippen molar-refractivity contribution in [2.45, 2.75) is 11.9 Å². The van der Waals surface area contributed by atoms with Crippen molar-refractivity contribution in [3.63, 3.8) is 0 Å². The monoisotopic (exact) mass is 434 g/mol. The Morgan fingerprint density at radius 2 is 1.79 bits per heavy atom. The maximum atomic E-state index is 12.6. The van der Waals surface area contributed by atoms with Gasteiger partial charge < -0.3 is 4.90 Å². The lowest BCUT2D eigenvalue weighted by atomic mass is 10.2. The van der Waals surface area contributed by atoms with E-state index in [1.165, 1.54) is 9.21 Å². The normalized spacial score (nSPS) is 16.2. The average molecular weight is 434 g/mol. The van der Waals surface area contributed by atoms with Gasteiger partial charge in [-0.2, -0.15) is 17.5 Å². The molecule has 0 spiro atoms. The van der Waals surface area contributed by atoms with Crippen LogP contribution in [0, 0.1) is 0 Å². The first-order chi connectivity index (χ1) is 13.1. The number of urea groups is 1. The van der Waals surface area contributed by atoms with Crippen LogP contribution in [0.1, 0.15) is 11.3 Å². The van der Waals surface area contributed by atoms with Crippen molar-refractivity contribution in [3.8, 4) is 0 Å². The number of rotatable bonds is 4. The predicted molar refractivity (Wildman–Crippen MR) is 98.3 cm³/mol. The second-order valence-electron chi connectivity index (χ2n) is 6.09. The first-order valence-corrected chi connectivity index (χ1v) is 10.7. The Bertz CT molecular complexity index is 924. The van der Waals surface area contributed by atoms with Crippen molar-refractivity contribution >= 4 is 32.5 Å². The van der Waals surface area contributed by atoms with E-state index in [1.807, 2.05) is 0 Å². The zero-order chi connectivity index (χ0) is 20.4. The molecule has 1 aromatic heterocycles. The minimum absolute atomic E-state index is 0.119. The molecule has 1 aliphatic rings. The lowest BCUT2D eigenvalue weighted by Crippen LogP contribution is -2.51. The fraction of sp³-hybridized carbons (Fsp3) is 0.375. The number of halogens is 3. The van der Waals surface area contributed by atoms with Crippen LogP contribution in [0.4, 0.5) is 23.1 Å². The van der Waals surface area contributed by atoms with E-state index >= 15 is 0 Å². The summed E-state index contributed by atoms with van der Waals surface area (Å²) in [4.78, 5) is 16.9. The first-order valence-electron chi connectivity index (χ1n) is 8.25. The summed E-state index contributed by atoms with van der Waals surface area (Å²) >= 11 is 0.679. The van der Waals surface area contributed by atoms with E-state index in [2.05, 4.69) is 10.3 Å². The standard InChI is InChI=1S/C16H17F3N4O3S2/c17-16(18,19)13-10-27-14(20-13)21-15(24)22-6-8-23(9-7-22)28(25,26)11-12-4-2-1-3-5-12/h1-5,10H,6-9,11H2,(H,20,21,24). The summed E-state index contributed by atoms with van der Waals surface area (Å²) in [5.41, 5.74) is -0.392. The molecule has 2 amide bonds. The number of sulfonamides is 1. The molecule has 1 aromatic carbocycles. The number of aromatic nitrogens is 1. The molecule has 0 aliphatic carbocycles. The second-order valence-corrected chi connectivity index (χ2v) is 8.92. The topological polar surface area (TPSA) is 82.6 Å². The zero-order valence-electron chi connectivity index (χ0n) is 14.5. The minimum Gasteiger partial charge on any atom is -0.322 e. The number of alkyl halides is 3. The van der Waals surface area contributed by atoms with Crippen LogP contribution >= 0.6 is 11.3 Å². The third kappa shape index (κ3) is 5.00. The van der Waals surface area contributed by atoms with Gasteiger partial charge >= 0.3 is 12.2 Å². The molecule has 152 valence electrons. The van der Waals surface area contributed by atoms with Gasteiger partial charge in [0.1, 0.15) is 0 Å². The molecule has 28 heavy (non-hydrogen) atoms. The summed E-state index contributed by atoms with van der Waals surface area (Å²) in [6, 6.07) is 8.16. The highest BCUT2D eigenvalue weighted by Gasteiger charge is 2.34. The van der Waals surface area contributed by atoms with E-state index in [0.717, 1.165) is 5.38 Å². The smallest absolute Gasteiger partial charge is 0.322 e. The van der Waals surface area contributed by atoms with Crippen LogP contribution in [0.5, 0.6) is 0 Å². The van der Waals surface area contributed by atoms with Crippen molar-refractivity contribution in [3.05, 3.63) is 47.0 Å². The van der Waals surface area contributed by atoms with Crippen molar-refractivity contribution in [1.29, 1.82) is 0 Å². The Hall–Kier alpha value is -2.18. The van der Waals surface area contributed by atoms with Crippen LogP contribution in [0.25, 0.3) is 0 Å². The Labute approximate surface area is 163 Å². The summed E-state index contributed by atoms with van der Waals surface area (Å²) in [6.07, 6.45) is -4.57. The molecule has 1 saturated heterocycles. The lowest BCUT2D eigenvalue weighted by molar-refractivity contribution is -0.140. The van der Waals surface area contributed by atoms with E-state index in [0.29, 0.717) is 16.9 Å². The van der Waals surface area contributed by atoms with Crippen LogP contribution < -0.4 is 5.32 Å².